The Morgan fingerprint density at radius 3 is 2.55 bits per heavy atom. The van der Waals surface area contributed by atoms with Crippen molar-refractivity contribution in [2.24, 2.45) is 5.92 Å². The molecule has 1 aromatic heterocycles. The number of nitrogens with zero attached hydrogens (tertiary/aromatic N) is 4. The van der Waals surface area contributed by atoms with E-state index in [1.165, 1.54) is 18.5 Å². The fourth-order valence-electron chi connectivity index (χ4n) is 3.66. The summed E-state index contributed by atoms with van der Waals surface area (Å²) in [6.07, 6.45) is 6.27. The maximum absolute atomic E-state index is 12.6. The first-order chi connectivity index (χ1) is 14.0. The normalized spacial score (nSPS) is 19.1. The molecule has 2 aromatic rings. The van der Waals surface area contributed by atoms with Crippen LogP contribution in [-0.2, 0) is 9.59 Å². The van der Waals surface area contributed by atoms with Gasteiger partial charge in [-0.1, -0.05) is 18.2 Å². The van der Waals surface area contributed by atoms with E-state index in [2.05, 4.69) is 16.5 Å². The molecule has 2 fully saturated rings. The van der Waals surface area contributed by atoms with Crippen molar-refractivity contribution in [2.45, 2.75) is 18.9 Å². The predicted molar refractivity (Wildman–Crippen MR) is 111 cm³/mol. The first kappa shape index (κ1) is 19.4. The highest BCUT2D eigenvalue weighted by Gasteiger charge is 2.38. The minimum absolute atomic E-state index is 0.135. The third kappa shape index (κ3) is 4.10. The summed E-state index contributed by atoms with van der Waals surface area (Å²) in [5, 5.41) is 0.509. The molecule has 2 aliphatic rings. The van der Waals surface area contributed by atoms with Crippen LogP contribution >= 0.6 is 11.6 Å². The van der Waals surface area contributed by atoms with Crippen LogP contribution in [0.15, 0.2) is 43.2 Å². The molecule has 1 saturated heterocycles. The molecule has 2 N–H and O–H groups in total. The summed E-state index contributed by atoms with van der Waals surface area (Å²) in [5.74, 6) is 0.630. The number of nitrogen functional groups attached to an aromatic ring is 1. The second-order valence-corrected chi connectivity index (χ2v) is 7.86. The zero-order valence-corrected chi connectivity index (χ0v) is 16.7. The minimum atomic E-state index is -0.316. The summed E-state index contributed by atoms with van der Waals surface area (Å²) in [6, 6.07) is 5.19. The summed E-state index contributed by atoms with van der Waals surface area (Å²) in [7, 11) is 0. The Balaban J connectivity index is 1.69. The lowest BCUT2D eigenvalue weighted by Crippen LogP contribution is -2.52. The fraction of sp³-hybridized carbons (Fsp3) is 0.333. The van der Waals surface area contributed by atoms with Gasteiger partial charge in [-0.2, -0.15) is 0 Å². The van der Waals surface area contributed by atoms with Crippen molar-refractivity contribution in [1.29, 1.82) is 0 Å². The number of nitrogens with two attached hydrogens (primary N) is 1. The third-order valence-corrected chi connectivity index (χ3v) is 5.53. The second-order valence-electron chi connectivity index (χ2n) is 7.42. The molecule has 1 atom stereocenters. The molecule has 7 nitrogen and oxygen atoms in total. The highest BCUT2D eigenvalue weighted by atomic mass is 35.5. The number of anilines is 1. The summed E-state index contributed by atoms with van der Waals surface area (Å²) >= 11 is 6.39. The highest BCUT2D eigenvalue weighted by Crippen LogP contribution is 2.35. The van der Waals surface area contributed by atoms with E-state index in [-0.39, 0.29) is 23.8 Å². The Hall–Kier alpha value is -2.93. The van der Waals surface area contributed by atoms with Crippen molar-refractivity contribution in [3.8, 4) is 11.4 Å². The van der Waals surface area contributed by atoms with E-state index in [9.17, 15) is 9.59 Å². The molecule has 150 valence electrons. The van der Waals surface area contributed by atoms with Gasteiger partial charge >= 0.3 is 0 Å². The Bertz CT molecular complexity index is 958. The molecule has 2 amide bonds. The van der Waals surface area contributed by atoms with Crippen LogP contribution in [0.4, 0.5) is 5.69 Å². The zero-order chi connectivity index (χ0) is 20.5. The Labute approximate surface area is 174 Å². The van der Waals surface area contributed by atoms with Crippen molar-refractivity contribution < 1.29 is 9.59 Å². The quantitative estimate of drug-likeness (QED) is 0.781. The molecule has 0 spiro atoms. The van der Waals surface area contributed by atoms with Gasteiger partial charge in [0, 0.05) is 36.1 Å². The SMILES string of the molecule is C=CC(=O)N1CCN(C(=O)C2CC2)C[C@H]1c1cc(Cl)cc(-c2ncc(N)cn2)c1. The van der Waals surface area contributed by atoms with Crippen LogP contribution in [0.5, 0.6) is 0 Å². The minimum Gasteiger partial charge on any atom is -0.396 e. The molecule has 2 heterocycles. The standard InChI is InChI=1S/C21H22ClN5O2/c1-2-19(28)27-6-5-26(21(29)13-3-4-13)12-18(27)14-7-15(9-16(22)8-14)20-24-10-17(23)11-25-20/h2,7-11,13,18H,1,3-6,12,23H2/t18-/m0/s1. The van der Waals surface area contributed by atoms with Gasteiger partial charge in [-0.15, -0.1) is 0 Å². The van der Waals surface area contributed by atoms with Crippen LogP contribution in [0, 0.1) is 5.92 Å². The van der Waals surface area contributed by atoms with Gasteiger partial charge in [0.2, 0.25) is 11.8 Å². The summed E-state index contributed by atoms with van der Waals surface area (Å²) in [6.45, 7) is 5.03. The highest BCUT2D eigenvalue weighted by molar-refractivity contribution is 6.31. The molecule has 8 heteroatoms. The van der Waals surface area contributed by atoms with Crippen LogP contribution in [0.25, 0.3) is 11.4 Å². The van der Waals surface area contributed by atoms with Crippen LogP contribution in [0.1, 0.15) is 24.4 Å². The molecule has 1 saturated carbocycles. The number of hydrogen-bond acceptors (Lipinski definition) is 5. The van der Waals surface area contributed by atoms with Crippen LogP contribution < -0.4 is 5.73 Å². The first-order valence-electron chi connectivity index (χ1n) is 9.56. The van der Waals surface area contributed by atoms with E-state index < -0.39 is 0 Å². The zero-order valence-electron chi connectivity index (χ0n) is 15.9. The van der Waals surface area contributed by atoms with Crippen LogP contribution in [0.3, 0.4) is 0 Å². The first-order valence-corrected chi connectivity index (χ1v) is 9.94. The average molecular weight is 412 g/mol. The van der Waals surface area contributed by atoms with Crippen molar-refractivity contribution in [2.75, 3.05) is 25.4 Å². The number of benzene rings is 1. The fourth-order valence-corrected chi connectivity index (χ4v) is 3.90. The van der Waals surface area contributed by atoms with E-state index in [0.29, 0.717) is 36.2 Å². The third-order valence-electron chi connectivity index (χ3n) is 5.31. The van der Waals surface area contributed by atoms with Gasteiger partial charge < -0.3 is 15.5 Å². The second kappa shape index (κ2) is 7.83. The van der Waals surface area contributed by atoms with E-state index in [4.69, 9.17) is 17.3 Å². The van der Waals surface area contributed by atoms with Crippen molar-refractivity contribution in [3.63, 3.8) is 0 Å². The molecule has 1 aliphatic heterocycles. The molecule has 0 bridgehead atoms. The maximum Gasteiger partial charge on any atom is 0.246 e. The molecule has 29 heavy (non-hydrogen) atoms. The van der Waals surface area contributed by atoms with Gasteiger partial charge in [-0.25, -0.2) is 9.97 Å². The largest absolute Gasteiger partial charge is 0.396 e. The lowest BCUT2D eigenvalue weighted by atomic mass is 9.99. The van der Waals surface area contributed by atoms with Gasteiger partial charge in [0.05, 0.1) is 24.1 Å². The van der Waals surface area contributed by atoms with Gasteiger partial charge in [0.1, 0.15) is 0 Å². The van der Waals surface area contributed by atoms with E-state index in [1.807, 2.05) is 17.0 Å². The monoisotopic (exact) mass is 411 g/mol. The van der Waals surface area contributed by atoms with Crippen LogP contribution in [0.2, 0.25) is 5.02 Å². The Morgan fingerprint density at radius 2 is 1.90 bits per heavy atom. The Kier molecular flexibility index (Phi) is 5.24. The number of carbonyl (C=O) groups excluding carboxylic acids is 2. The number of hydrogen-bond donors (Lipinski definition) is 1. The molecular formula is C21H22ClN5O2. The lowest BCUT2D eigenvalue weighted by molar-refractivity contribution is -0.141. The van der Waals surface area contributed by atoms with Gasteiger partial charge in [0.15, 0.2) is 5.82 Å². The number of piperazine rings is 1. The molecule has 0 unspecified atom stereocenters. The average Bonchev–Trinajstić information content (AvgIpc) is 3.57. The molecule has 4 rings (SSSR count). The molecule has 1 aromatic carbocycles. The Morgan fingerprint density at radius 1 is 1.17 bits per heavy atom. The van der Waals surface area contributed by atoms with Crippen molar-refractivity contribution in [3.05, 3.63) is 53.8 Å². The molecular weight excluding hydrogens is 390 g/mol. The van der Waals surface area contributed by atoms with E-state index in [1.54, 1.807) is 11.0 Å². The van der Waals surface area contributed by atoms with Gasteiger partial charge in [-0.3, -0.25) is 9.59 Å². The summed E-state index contributed by atoms with van der Waals surface area (Å²) in [4.78, 5) is 37.2. The summed E-state index contributed by atoms with van der Waals surface area (Å²) in [5.41, 5.74) is 7.71. The number of amides is 2. The predicted octanol–water partition coefficient (Wildman–Crippen LogP) is 2.69. The van der Waals surface area contributed by atoms with Crippen molar-refractivity contribution >= 4 is 29.1 Å². The lowest BCUT2D eigenvalue weighted by Gasteiger charge is -2.41. The smallest absolute Gasteiger partial charge is 0.246 e. The molecule has 1 aliphatic carbocycles. The number of rotatable bonds is 4. The number of aromatic nitrogens is 2. The number of halogens is 1. The van der Waals surface area contributed by atoms with Gasteiger partial charge in [0.25, 0.3) is 0 Å². The molecule has 0 radical (unpaired) electrons. The summed E-state index contributed by atoms with van der Waals surface area (Å²) < 4.78 is 0. The maximum atomic E-state index is 12.6. The topological polar surface area (TPSA) is 92.4 Å². The van der Waals surface area contributed by atoms with Crippen molar-refractivity contribution in [1.82, 2.24) is 19.8 Å². The van der Waals surface area contributed by atoms with Gasteiger partial charge in [-0.05, 0) is 42.7 Å². The van der Waals surface area contributed by atoms with E-state index >= 15 is 0 Å². The van der Waals surface area contributed by atoms with Crippen LogP contribution in [-0.4, -0.2) is 51.2 Å². The van der Waals surface area contributed by atoms with E-state index in [0.717, 1.165) is 24.0 Å². The number of carbonyl (C=O) groups is 2.